The van der Waals surface area contributed by atoms with Crippen LogP contribution in [-0.2, 0) is 9.84 Å². The fourth-order valence-corrected chi connectivity index (χ4v) is 3.25. The summed E-state index contributed by atoms with van der Waals surface area (Å²) in [4.78, 5) is 12.8. The summed E-state index contributed by atoms with van der Waals surface area (Å²) in [5, 5.41) is 9.15. The van der Waals surface area contributed by atoms with E-state index in [1.807, 2.05) is 6.92 Å². The number of hydrogen-bond donors (Lipinski definition) is 2. The number of benzene rings is 1. The van der Waals surface area contributed by atoms with Crippen molar-refractivity contribution in [3.8, 4) is 0 Å². The minimum absolute atomic E-state index is 0.000769. The molecule has 0 unspecified atom stereocenters. The van der Waals surface area contributed by atoms with E-state index in [-0.39, 0.29) is 23.6 Å². The summed E-state index contributed by atoms with van der Waals surface area (Å²) >= 11 is 0. The van der Waals surface area contributed by atoms with Gasteiger partial charge in [0.15, 0.2) is 9.84 Å². The molecule has 3 N–H and O–H groups in total. The molecule has 0 saturated carbocycles. The van der Waals surface area contributed by atoms with Crippen LogP contribution in [0.3, 0.4) is 0 Å². The molecular formula is C13H20N2O4S. The third-order valence-electron chi connectivity index (χ3n) is 2.92. The molecule has 0 aliphatic rings. The fourth-order valence-electron chi connectivity index (χ4n) is 1.87. The zero-order chi connectivity index (χ0) is 15.3. The quantitative estimate of drug-likeness (QED) is 0.734. The highest BCUT2D eigenvalue weighted by molar-refractivity contribution is 7.91. The summed E-state index contributed by atoms with van der Waals surface area (Å²) in [6, 6.07) is 4.55. The monoisotopic (exact) mass is 300 g/mol. The number of rotatable bonds is 7. The number of hydrogen-bond acceptors (Lipinski definition) is 5. The predicted octanol–water partition coefficient (Wildman–Crippen LogP) is 1.23. The van der Waals surface area contributed by atoms with Gasteiger partial charge in [0.25, 0.3) is 0 Å². The Morgan fingerprint density at radius 2 is 2.00 bits per heavy atom. The van der Waals surface area contributed by atoms with Gasteiger partial charge in [-0.05, 0) is 24.6 Å². The minimum Gasteiger partial charge on any atom is -0.478 e. The molecule has 0 fully saturated rings. The van der Waals surface area contributed by atoms with Crippen molar-refractivity contribution < 1.29 is 18.3 Å². The van der Waals surface area contributed by atoms with Crippen LogP contribution in [-0.4, -0.2) is 44.6 Å². The first kappa shape index (κ1) is 16.3. The highest BCUT2D eigenvalue weighted by Crippen LogP contribution is 2.22. The van der Waals surface area contributed by atoms with E-state index in [0.717, 1.165) is 0 Å². The maximum absolute atomic E-state index is 11.7. The molecule has 112 valence electrons. The summed E-state index contributed by atoms with van der Waals surface area (Å²) in [6.07, 6.45) is 0.578. The number of carboxylic acids is 1. The van der Waals surface area contributed by atoms with Gasteiger partial charge in [-0.1, -0.05) is 6.92 Å². The van der Waals surface area contributed by atoms with E-state index in [0.29, 0.717) is 17.8 Å². The summed E-state index contributed by atoms with van der Waals surface area (Å²) < 4.78 is 23.4. The Kier molecular flexibility index (Phi) is 5.38. The van der Waals surface area contributed by atoms with Crippen LogP contribution in [0.5, 0.6) is 0 Å². The Balaban J connectivity index is 2.88. The van der Waals surface area contributed by atoms with Crippen LogP contribution >= 0.6 is 0 Å². The van der Waals surface area contributed by atoms with Gasteiger partial charge in [0.05, 0.1) is 17.0 Å². The van der Waals surface area contributed by atoms with Crippen molar-refractivity contribution in [3.63, 3.8) is 0 Å². The zero-order valence-electron chi connectivity index (χ0n) is 11.7. The summed E-state index contributed by atoms with van der Waals surface area (Å²) in [6.45, 7) is 2.05. The van der Waals surface area contributed by atoms with Crippen LogP contribution in [0.25, 0.3) is 0 Å². The first-order valence-electron chi connectivity index (χ1n) is 6.31. The van der Waals surface area contributed by atoms with E-state index in [2.05, 4.69) is 0 Å². The molecule has 0 aliphatic heterocycles. The number of anilines is 2. The molecule has 1 rings (SSSR count). The molecule has 7 heteroatoms. The molecule has 6 nitrogen and oxygen atoms in total. The third-order valence-corrected chi connectivity index (χ3v) is 4.75. The Hall–Kier alpha value is -1.76. The van der Waals surface area contributed by atoms with Crippen molar-refractivity contribution in [1.29, 1.82) is 0 Å². The molecule has 0 atom stereocenters. The van der Waals surface area contributed by atoms with Gasteiger partial charge >= 0.3 is 5.97 Å². The third kappa shape index (κ3) is 4.41. The van der Waals surface area contributed by atoms with Gasteiger partial charge in [0.1, 0.15) is 0 Å². The van der Waals surface area contributed by atoms with Crippen LogP contribution in [0, 0.1) is 0 Å². The Labute approximate surface area is 119 Å². The van der Waals surface area contributed by atoms with E-state index in [9.17, 15) is 13.2 Å². The molecule has 0 bridgehead atoms. The normalized spacial score (nSPS) is 11.3. The van der Waals surface area contributed by atoms with Gasteiger partial charge in [-0.3, -0.25) is 0 Å². The molecule has 0 heterocycles. The topological polar surface area (TPSA) is 101 Å². The SMILES string of the molecule is CCCS(=O)(=O)CCN(C)c1ccc(N)cc1C(=O)O. The van der Waals surface area contributed by atoms with Gasteiger partial charge in [-0.25, -0.2) is 13.2 Å². The van der Waals surface area contributed by atoms with Crippen molar-refractivity contribution in [2.45, 2.75) is 13.3 Å². The molecule has 0 aromatic heterocycles. The van der Waals surface area contributed by atoms with Crippen LogP contribution in [0.15, 0.2) is 18.2 Å². The Morgan fingerprint density at radius 3 is 2.55 bits per heavy atom. The maximum Gasteiger partial charge on any atom is 0.337 e. The van der Waals surface area contributed by atoms with Gasteiger partial charge < -0.3 is 15.7 Å². The summed E-state index contributed by atoms with van der Waals surface area (Å²) in [5.74, 6) is -0.939. The second kappa shape index (κ2) is 6.60. The van der Waals surface area contributed by atoms with Gasteiger partial charge in [0, 0.05) is 25.0 Å². The van der Waals surface area contributed by atoms with Gasteiger partial charge in [0.2, 0.25) is 0 Å². The number of nitrogens with zero attached hydrogens (tertiary/aromatic N) is 1. The van der Waals surface area contributed by atoms with Crippen molar-refractivity contribution >= 4 is 27.2 Å². The van der Waals surface area contributed by atoms with E-state index in [1.165, 1.54) is 6.07 Å². The number of sulfone groups is 1. The highest BCUT2D eigenvalue weighted by atomic mass is 32.2. The Bertz CT molecular complexity index is 584. The van der Waals surface area contributed by atoms with E-state index in [4.69, 9.17) is 10.8 Å². The lowest BCUT2D eigenvalue weighted by Crippen LogP contribution is -2.27. The fraction of sp³-hybridized carbons (Fsp3) is 0.462. The minimum atomic E-state index is -3.09. The lowest BCUT2D eigenvalue weighted by molar-refractivity contribution is 0.0697. The first-order valence-corrected chi connectivity index (χ1v) is 8.13. The summed E-state index contributed by atoms with van der Waals surface area (Å²) in [5.41, 5.74) is 6.46. The van der Waals surface area contributed by atoms with E-state index < -0.39 is 15.8 Å². The van der Waals surface area contributed by atoms with Crippen molar-refractivity contribution in [2.24, 2.45) is 0 Å². The van der Waals surface area contributed by atoms with Crippen molar-refractivity contribution in [1.82, 2.24) is 0 Å². The van der Waals surface area contributed by atoms with Gasteiger partial charge in [-0.2, -0.15) is 0 Å². The van der Waals surface area contributed by atoms with Crippen LogP contribution in [0.2, 0.25) is 0 Å². The molecule has 0 aliphatic carbocycles. The molecule has 1 aromatic rings. The molecular weight excluding hydrogens is 280 g/mol. The number of aromatic carboxylic acids is 1. The smallest absolute Gasteiger partial charge is 0.337 e. The average Bonchev–Trinajstić information content (AvgIpc) is 2.35. The molecule has 0 amide bonds. The van der Waals surface area contributed by atoms with Gasteiger partial charge in [-0.15, -0.1) is 0 Å². The first-order chi connectivity index (χ1) is 9.26. The number of nitrogen functional groups attached to an aromatic ring is 1. The highest BCUT2D eigenvalue weighted by Gasteiger charge is 2.16. The second-order valence-electron chi connectivity index (χ2n) is 4.66. The molecule has 0 saturated heterocycles. The Morgan fingerprint density at radius 1 is 1.35 bits per heavy atom. The molecule has 0 radical (unpaired) electrons. The predicted molar refractivity (Wildman–Crippen MR) is 80.0 cm³/mol. The average molecular weight is 300 g/mol. The lowest BCUT2D eigenvalue weighted by Gasteiger charge is -2.21. The zero-order valence-corrected chi connectivity index (χ0v) is 12.5. The lowest BCUT2D eigenvalue weighted by atomic mass is 10.1. The number of carboxylic acid groups (broad SMARTS) is 1. The number of carbonyl (C=O) groups is 1. The largest absolute Gasteiger partial charge is 0.478 e. The summed E-state index contributed by atoms with van der Waals surface area (Å²) in [7, 11) is -1.42. The molecule has 0 spiro atoms. The molecule has 20 heavy (non-hydrogen) atoms. The van der Waals surface area contributed by atoms with E-state index in [1.54, 1.807) is 24.1 Å². The van der Waals surface area contributed by atoms with Crippen LogP contribution in [0.4, 0.5) is 11.4 Å². The van der Waals surface area contributed by atoms with Crippen molar-refractivity contribution in [3.05, 3.63) is 23.8 Å². The standard InChI is InChI=1S/C13H20N2O4S/c1-3-7-20(18,19)8-6-15(2)12-5-4-10(14)9-11(12)13(16)17/h4-5,9H,3,6-8,14H2,1-2H3,(H,16,17). The van der Waals surface area contributed by atoms with Crippen LogP contribution in [0.1, 0.15) is 23.7 Å². The van der Waals surface area contributed by atoms with Crippen LogP contribution < -0.4 is 10.6 Å². The van der Waals surface area contributed by atoms with E-state index >= 15 is 0 Å². The van der Waals surface area contributed by atoms with Crippen molar-refractivity contribution in [2.75, 3.05) is 35.7 Å². The maximum atomic E-state index is 11.7. The second-order valence-corrected chi connectivity index (χ2v) is 6.96. The molecule has 1 aromatic carbocycles. The number of nitrogens with two attached hydrogens (primary N) is 1.